The second-order valence-corrected chi connectivity index (χ2v) is 4.99. The molecule has 1 fully saturated rings. The predicted molar refractivity (Wildman–Crippen MR) is 79.5 cm³/mol. The Bertz CT molecular complexity index is 476. The molecule has 1 aliphatic heterocycles. The van der Waals surface area contributed by atoms with Crippen LogP contribution in [0, 0.1) is 0 Å². The molecule has 3 N–H and O–H groups in total. The lowest BCUT2D eigenvalue weighted by Gasteiger charge is -2.34. The summed E-state index contributed by atoms with van der Waals surface area (Å²) in [5, 5.41) is 2.91. The van der Waals surface area contributed by atoms with E-state index >= 15 is 0 Å². The zero-order valence-corrected chi connectivity index (χ0v) is 12.2. The fourth-order valence-corrected chi connectivity index (χ4v) is 2.63. The Balaban J connectivity index is 2.19. The molecule has 1 aliphatic rings. The third-order valence-corrected chi connectivity index (χ3v) is 3.59. The zero-order valence-electron chi connectivity index (χ0n) is 12.2. The first-order chi connectivity index (χ1) is 9.65. The summed E-state index contributed by atoms with van der Waals surface area (Å²) in [5.41, 5.74) is 7.63. The predicted octanol–water partition coefficient (Wildman–Crippen LogP) is 1.38. The molecule has 20 heavy (non-hydrogen) atoms. The Labute approximate surface area is 120 Å². The van der Waals surface area contributed by atoms with Gasteiger partial charge in [0, 0.05) is 30.9 Å². The van der Waals surface area contributed by atoms with Crippen LogP contribution in [0.15, 0.2) is 18.2 Å². The molecule has 5 nitrogen and oxygen atoms in total. The highest BCUT2D eigenvalue weighted by atomic mass is 16.5. The van der Waals surface area contributed by atoms with E-state index in [0.717, 1.165) is 30.0 Å². The SMILES string of the molecule is CCOc1ccc(N)cc1CN1CCNC(=O)C1CC. The van der Waals surface area contributed by atoms with Gasteiger partial charge in [0.1, 0.15) is 5.75 Å². The lowest BCUT2D eigenvalue weighted by Crippen LogP contribution is -2.54. The van der Waals surface area contributed by atoms with Gasteiger partial charge in [-0.25, -0.2) is 0 Å². The van der Waals surface area contributed by atoms with Gasteiger partial charge in [0.15, 0.2) is 0 Å². The Morgan fingerprint density at radius 2 is 2.25 bits per heavy atom. The first kappa shape index (κ1) is 14.7. The first-order valence-electron chi connectivity index (χ1n) is 7.18. The zero-order chi connectivity index (χ0) is 14.5. The van der Waals surface area contributed by atoms with Gasteiger partial charge >= 0.3 is 0 Å². The minimum absolute atomic E-state index is 0.0698. The van der Waals surface area contributed by atoms with Gasteiger partial charge in [0.05, 0.1) is 12.6 Å². The van der Waals surface area contributed by atoms with E-state index in [1.54, 1.807) is 0 Å². The number of piperazine rings is 1. The Morgan fingerprint density at radius 1 is 1.45 bits per heavy atom. The minimum atomic E-state index is -0.0698. The Morgan fingerprint density at radius 3 is 2.95 bits per heavy atom. The standard InChI is InChI=1S/C15H23N3O2/c1-3-13-15(19)17-7-8-18(13)10-11-9-12(16)5-6-14(11)20-4-2/h5-6,9,13H,3-4,7-8,10,16H2,1-2H3,(H,17,19). The number of rotatable bonds is 5. The summed E-state index contributed by atoms with van der Waals surface area (Å²) >= 11 is 0. The van der Waals surface area contributed by atoms with Gasteiger partial charge in [0.2, 0.25) is 5.91 Å². The summed E-state index contributed by atoms with van der Waals surface area (Å²) in [7, 11) is 0. The molecule has 0 bridgehead atoms. The highest BCUT2D eigenvalue weighted by Gasteiger charge is 2.28. The van der Waals surface area contributed by atoms with Gasteiger partial charge in [-0.2, -0.15) is 0 Å². The average Bonchev–Trinajstić information content (AvgIpc) is 2.42. The molecule has 1 atom stereocenters. The highest BCUT2D eigenvalue weighted by Crippen LogP contribution is 2.24. The van der Waals surface area contributed by atoms with E-state index in [0.29, 0.717) is 19.7 Å². The van der Waals surface area contributed by atoms with Crippen molar-refractivity contribution in [1.82, 2.24) is 10.2 Å². The van der Waals surface area contributed by atoms with Crippen LogP contribution in [-0.4, -0.2) is 36.5 Å². The van der Waals surface area contributed by atoms with Crippen molar-refractivity contribution in [2.75, 3.05) is 25.4 Å². The van der Waals surface area contributed by atoms with Gasteiger partial charge in [-0.15, -0.1) is 0 Å². The molecule has 1 aromatic rings. The molecule has 0 saturated carbocycles. The fourth-order valence-electron chi connectivity index (χ4n) is 2.63. The van der Waals surface area contributed by atoms with E-state index in [2.05, 4.69) is 10.2 Å². The summed E-state index contributed by atoms with van der Waals surface area (Å²) in [6.45, 7) is 6.85. The maximum atomic E-state index is 11.9. The van der Waals surface area contributed by atoms with Crippen LogP contribution in [0.25, 0.3) is 0 Å². The number of hydrogen-bond acceptors (Lipinski definition) is 4. The molecule has 1 amide bonds. The number of nitrogens with zero attached hydrogens (tertiary/aromatic N) is 1. The molecular weight excluding hydrogens is 254 g/mol. The molecule has 1 heterocycles. The molecule has 0 aliphatic carbocycles. The monoisotopic (exact) mass is 277 g/mol. The third kappa shape index (κ3) is 3.22. The molecule has 0 radical (unpaired) electrons. The summed E-state index contributed by atoms with van der Waals surface area (Å²) in [6.07, 6.45) is 0.804. The fraction of sp³-hybridized carbons (Fsp3) is 0.533. The molecule has 110 valence electrons. The van der Waals surface area contributed by atoms with Crippen molar-refractivity contribution in [3.63, 3.8) is 0 Å². The number of benzene rings is 1. The number of hydrogen-bond donors (Lipinski definition) is 2. The van der Waals surface area contributed by atoms with Crippen LogP contribution < -0.4 is 15.8 Å². The van der Waals surface area contributed by atoms with Crippen molar-refractivity contribution in [3.8, 4) is 5.75 Å². The maximum absolute atomic E-state index is 11.9. The van der Waals surface area contributed by atoms with Crippen molar-refractivity contribution in [2.24, 2.45) is 0 Å². The quantitative estimate of drug-likeness (QED) is 0.798. The second kappa shape index (κ2) is 6.61. The van der Waals surface area contributed by atoms with Gasteiger partial charge < -0.3 is 15.8 Å². The number of anilines is 1. The van der Waals surface area contributed by atoms with Crippen molar-refractivity contribution in [1.29, 1.82) is 0 Å². The van der Waals surface area contributed by atoms with E-state index in [9.17, 15) is 4.79 Å². The third-order valence-electron chi connectivity index (χ3n) is 3.59. The topological polar surface area (TPSA) is 67.6 Å². The molecule has 0 spiro atoms. The number of carbonyl (C=O) groups excluding carboxylic acids is 1. The van der Waals surface area contributed by atoms with Crippen LogP contribution in [0.4, 0.5) is 5.69 Å². The summed E-state index contributed by atoms with van der Waals surface area (Å²) < 4.78 is 5.65. The highest BCUT2D eigenvalue weighted by molar-refractivity contribution is 5.82. The van der Waals surface area contributed by atoms with Crippen molar-refractivity contribution in [3.05, 3.63) is 23.8 Å². The van der Waals surface area contributed by atoms with Crippen LogP contribution in [0.3, 0.4) is 0 Å². The summed E-state index contributed by atoms with van der Waals surface area (Å²) in [5.74, 6) is 0.961. The van der Waals surface area contributed by atoms with E-state index in [-0.39, 0.29) is 11.9 Å². The molecule has 0 aromatic heterocycles. The maximum Gasteiger partial charge on any atom is 0.237 e. The van der Waals surface area contributed by atoms with Crippen LogP contribution >= 0.6 is 0 Å². The van der Waals surface area contributed by atoms with Crippen LogP contribution in [0.5, 0.6) is 5.75 Å². The second-order valence-electron chi connectivity index (χ2n) is 4.99. The Hall–Kier alpha value is -1.75. The van der Waals surface area contributed by atoms with Gasteiger partial charge in [-0.1, -0.05) is 6.92 Å². The number of nitrogens with two attached hydrogens (primary N) is 1. The molecular formula is C15H23N3O2. The molecule has 2 rings (SSSR count). The molecule has 1 unspecified atom stereocenters. The number of amides is 1. The number of ether oxygens (including phenoxy) is 1. The smallest absolute Gasteiger partial charge is 0.237 e. The Kier molecular flexibility index (Phi) is 4.84. The van der Waals surface area contributed by atoms with Crippen molar-refractivity contribution >= 4 is 11.6 Å². The van der Waals surface area contributed by atoms with Crippen LogP contribution in [0.2, 0.25) is 0 Å². The minimum Gasteiger partial charge on any atom is -0.494 e. The summed E-state index contributed by atoms with van der Waals surface area (Å²) in [6, 6.07) is 5.61. The van der Waals surface area contributed by atoms with Crippen LogP contribution in [-0.2, 0) is 11.3 Å². The lowest BCUT2D eigenvalue weighted by atomic mass is 10.1. The van der Waals surface area contributed by atoms with Gasteiger partial charge in [-0.05, 0) is 31.5 Å². The number of nitrogen functional groups attached to an aromatic ring is 1. The van der Waals surface area contributed by atoms with Crippen LogP contribution in [0.1, 0.15) is 25.8 Å². The van der Waals surface area contributed by atoms with E-state index in [4.69, 9.17) is 10.5 Å². The van der Waals surface area contributed by atoms with E-state index in [1.165, 1.54) is 0 Å². The molecule has 5 heteroatoms. The first-order valence-corrected chi connectivity index (χ1v) is 7.18. The largest absolute Gasteiger partial charge is 0.494 e. The lowest BCUT2D eigenvalue weighted by molar-refractivity contribution is -0.129. The normalized spacial score (nSPS) is 19.7. The molecule has 1 saturated heterocycles. The van der Waals surface area contributed by atoms with Crippen molar-refractivity contribution in [2.45, 2.75) is 32.9 Å². The number of carbonyl (C=O) groups is 1. The van der Waals surface area contributed by atoms with E-state index in [1.807, 2.05) is 32.0 Å². The average molecular weight is 277 g/mol. The van der Waals surface area contributed by atoms with Gasteiger partial charge in [-0.3, -0.25) is 9.69 Å². The number of nitrogens with one attached hydrogen (secondary N) is 1. The molecule has 1 aromatic carbocycles. The van der Waals surface area contributed by atoms with Crippen molar-refractivity contribution < 1.29 is 9.53 Å². The van der Waals surface area contributed by atoms with Gasteiger partial charge in [0.25, 0.3) is 0 Å². The summed E-state index contributed by atoms with van der Waals surface area (Å²) in [4.78, 5) is 14.1. The van der Waals surface area contributed by atoms with E-state index < -0.39 is 0 Å².